The van der Waals surface area contributed by atoms with Gasteiger partial charge in [-0.1, -0.05) is 0 Å². The van der Waals surface area contributed by atoms with Crippen molar-refractivity contribution >= 4 is 23.6 Å². The third kappa shape index (κ3) is 9.60. The van der Waals surface area contributed by atoms with E-state index in [2.05, 4.69) is 5.32 Å². The zero-order chi connectivity index (χ0) is 15.1. The number of hydrogen-bond donors (Lipinski definition) is 3. The Hall–Kier alpha value is -0.960. The second kappa shape index (κ2) is 7.59. The molecule has 0 heterocycles. The van der Waals surface area contributed by atoms with Crippen molar-refractivity contribution in [2.45, 2.75) is 25.1 Å². The maximum absolute atomic E-state index is 11.8. The smallest absolute Gasteiger partial charge is 0.388 e. The number of halogens is 3. The molecule has 19 heavy (non-hydrogen) atoms. The molecule has 0 bridgehead atoms. The van der Waals surface area contributed by atoms with Gasteiger partial charge in [0.1, 0.15) is 6.54 Å². The molecule has 0 radical (unpaired) electrons. The molecule has 0 spiro atoms. The minimum Gasteiger partial charge on any atom is -0.388 e. The van der Waals surface area contributed by atoms with Gasteiger partial charge in [-0.3, -0.25) is 9.59 Å². The number of hydrogen-bond acceptors (Lipinski definition) is 4. The minimum atomic E-state index is -4.57. The Balaban J connectivity index is 4.06. The van der Waals surface area contributed by atoms with Crippen molar-refractivity contribution in [2.75, 3.05) is 25.1 Å². The van der Waals surface area contributed by atoms with Crippen molar-refractivity contribution in [3.63, 3.8) is 0 Å². The number of carbonyl (C=O) groups is 2. The minimum absolute atomic E-state index is 0.203. The Labute approximate surface area is 113 Å². The third-order valence-electron chi connectivity index (χ3n) is 2.13. The Morgan fingerprint density at radius 2 is 1.63 bits per heavy atom. The van der Waals surface area contributed by atoms with Crippen molar-refractivity contribution in [2.24, 2.45) is 0 Å². The number of carbonyl (C=O) groups excluding carboxylic acids is 2. The highest BCUT2D eigenvalue weighted by molar-refractivity contribution is 7.98. The molecule has 0 aromatic carbocycles. The van der Waals surface area contributed by atoms with Gasteiger partial charge in [-0.2, -0.15) is 24.9 Å². The lowest BCUT2D eigenvalue weighted by Crippen LogP contribution is -2.48. The van der Waals surface area contributed by atoms with Gasteiger partial charge in [0.25, 0.3) is 0 Å². The van der Waals surface area contributed by atoms with Gasteiger partial charge < -0.3 is 15.7 Å². The van der Waals surface area contributed by atoms with E-state index in [4.69, 9.17) is 0 Å². The molecule has 0 aliphatic heterocycles. The molecule has 0 aliphatic carbocycles. The van der Waals surface area contributed by atoms with Crippen LogP contribution in [0.5, 0.6) is 0 Å². The zero-order valence-electron chi connectivity index (χ0n) is 10.6. The highest BCUT2D eigenvalue weighted by atomic mass is 32.2. The first-order valence-electron chi connectivity index (χ1n) is 5.41. The van der Waals surface area contributed by atoms with Gasteiger partial charge in [-0.15, -0.1) is 0 Å². The van der Waals surface area contributed by atoms with Crippen LogP contribution in [0.1, 0.15) is 13.3 Å². The summed E-state index contributed by atoms with van der Waals surface area (Å²) in [4.78, 5) is 22.2. The van der Waals surface area contributed by atoms with Crippen molar-refractivity contribution < 1.29 is 27.9 Å². The number of aliphatic hydroxyl groups is 1. The van der Waals surface area contributed by atoms with Crippen LogP contribution < -0.4 is 10.6 Å². The summed E-state index contributed by atoms with van der Waals surface area (Å²) in [6.45, 7) is -0.301. The van der Waals surface area contributed by atoms with Gasteiger partial charge >= 0.3 is 18.0 Å². The van der Waals surface area contributed by atoms with Gasteiger partial charge in [-0.05, 0) is 25.4 Å². The molecule has 112 valence electrons. The predicted molar refractivity (Wildman–Crippen MR) is 65.7 cm³/mol. The van der Waals surface area contributed by atoms with E-state index >= 15 is 0 Å². The van der Waals surface area contributed by atoms with Crippen LogP contribution in [0.15, 0.2) is 0 Å². The highest BCUT2D eigenvalue weighted by Crippen LogP contribution is 2.12. The molecule has 3 N–H and O–H groups in total. The van der Waals surface area contributed by atoms with Crippen molar-refractivity contribution in [1.29, 1.82) is 0 Å². The summed E-state index contributed by atoms with van der Waals surface area (Å²) in [5, 5.41) is 13.3. The van der Waals surface area contributed by atoms with Crippen LogP contribution in [0, 0.1) is 0 Å². The average molecular weight is 302 g/mol. The van der Waals surface area contributed by atoms with Gasteiger partial charge in [0, 0.05) is 6.54 Å². The quantitative estimate of drug-likeness (QED) is 0.616. The predicted octanol–water partition coefficient (Wildman–Crippen LogP) is 0.285. The van der Waals surface area contributed by atoms with E-state index < -0.39 is 30.1 Å². The molecule has 0 aliphatic rings. The number of rotatable bonds is 6. The lowest BCUT2D eigenvalue weighted by molar-refractivity contribution is -0.146. The molecular weight excluding hydrogens is 285 g/mol. The van der Waals surface area contributed by atoms with Crippen molar-refractivity contribution in [3.8, 4) is 0 Å². The largest absolute Gasteiger partial charge is 0.405 e. The summed E-state index contributed by atoms with van der Waals surface area (Å²) in [7, 11) is 0. The fourth-order valence-electron chi connectivity index (χ4n) is 1.02. The van der Waals surface area contributed by atoms with Crippen LogP contribution in [-0.2, 0) is 9.59 Å². The topological polar surface area (TPSA) is 78.4 Å². The third-order valence-corrected chi connectivity index (χ3v) is 2.74. The standard InChI is InChI=1S/C10H17F3N2O3S/c1-9(18,3-4-19-2)5-14-7(16)8(17)15-6-10(11,12)13/h18H,3-6H2,1-2H3,(H,14,16)(H,15,17). The molecule has 1 atom stereocenters. The number of alkyl halides is 3. The Morgan fingerprint density at radius 3 is 2.05 bits per heavy atom. The van der Waals surface area contributed by atoms with Crippen LogP contribution in [0.2, 0.25) is 0 Å². The van der Waals surface area contributed by atoms with Gasteiger partial charge in [0.15, 0.2) is 0 Å². The highest BCUT2D eigenvalue weighted by Gasteiger charge is 2.29. The van der Waals surface area contributed by atoms with Gasteiger partial charge in [-0.25, -0.2) is 0 Å². The molecule has 0 saturated heterocycles. The molecule has 2 amide bonds. The first-order valence-corrected chi connectivity index (χ1v) is 6.81. The Kier molecular flexibility index (Phi) is 7.20. The van der Waals surface area contributed by atoms with Crippen LogP contribution in [-0.4, -0.2) is 53.8 Å². The summed E-state index contributed by atoms with van der Waals surface area (Å²) < 4.78 is 35.4. The summed E-state index contributed by atoms with van der Waals surface area (Å²) in [5.41, 5.74) is -1.21. The van der Waals surface area contributed by atoms with E-state index in [0.29, 0.717) is 12.2 Å². The maximum atomic E-state index is 11.8. The SMILES string of the molecule is CSCCC(C)(O)CNC(=O)C(=O)NCC(F)(F)F. The summed E-state index contributed by atoms with van der Waals surface area (Å²) in [6.07, 6.45) is -2.34. The molecular formula is C10H17F3N2O3S. The van der Waals surface area contributed by atoms with Gasteiger partial charge in [0.05, 0.1) is 5.60 Å². The molecule has 0 fully saturated rings. The van der Waals surface area contributed by atoms with E-state index in [1.54, 1.807) is 0 Å². The van der Waals surface area contributed by atoms with E-state index in [0.717, 1.165) is 0 Å². The summed E-state index contributed by atoms with van der Waals surface area (Å²) in [6, 6.07) is 0. The van der Waals surface area contributed by atoms with Gasteiger partial charge in [0.2, 0.25) is 0 Å². The molecule has 9 heteroatoms. The molecule has 0 aromatic heterocycles. The van der Waals surface area contributed by atoms with E-state index in [1.807, 2.05) is 6.26 Å². The van der Waals surface area contributed by atoms with E-state index in [9.17, 15) is 27.9 Å². The number of thioether (sulfide) groups is 1. The van der Waals surface area contributed by atoms with Crippen LogP contribution in [0.25, 0.3) is 0 Å². The molecule has 5 nitrogen and oxygen atoms in total. The molecule has 1 unspecified atom stereocenters. The van der Waals surface area contributed by atoms with E-state index in [1.165, 1.54) is 24.0 Å². The Morgan fingerprint density at radius 1 is 1.16 bits per heavy atom. The monoisotopic (exact) mass is 302 g/mol. The lowest BCUT2D eigenvalue weighted by atomic mass is 10.0. The lowest BCUT2D eigenvalue weighted by Gasteiger charge is -2.23. The fraction of sp³-hybridized carbons (Fsp3) is 0.800. The van der Waals surface area contributed by atoms with Crippen molar-refractivity contribution in [3.05, 3.63) is 0 Å². The number of nitrogens with one attached hydrogen (secondary N) is 2. The first kappa shape index (κ1) is 18.0. The zero-order valence-corrected chi connectivity index (χ0v) is 11.5. The number of amides is 2. The molecule has 0 aromatic rings. The van der Waals surface area contributed by atoms with Crippen LogP contribution >= 0.6 is 11.8 Å². The second-order valence-electron chi connectivity index (χ2n) is 4.22. The Bertz CT molecular complexity index is 322. The summed E-state index contributed by atoms with van der Waals surface area (Å²) in [5.74, 6) is -1.92. The molecule has 0 rings (SSSR count). The summed E-state index contributed by atoms with van der Waals surface area (Å²) >= 11 is 1.50. The van der Waals surface area contributed by atoms with E-state index in [-0.39, 0.29) is 6.54 Å². The van der Waals surface area contributed by atoms with Crippen LogP contribution in [0.4, 0.5) is 13.2 Å². The maximum Gasteiger partial charge on any atom is 0.405 e. The average Bonchev–Trinajstić information content (AvgIpc) is 2.29. The normalized spacial score (nSPS) is 14.6. The molecule has 0 saturated carbocycles. The second-order valence-corrected chi connectivity index (χ2v) is 5.21. The van der Waals surface area contributed by atoms with Crippen LogP contribution in [0.3, 0.4) is 0 Å². The fourth-order valence-corrected chi connectivity index (χ4v) is 1.67. The van der Waals surface area contributed by atoms with Crippen molar-refractivity contribution in [1.82, 2.24) is 10.6 Å². The first-order chi connectivity index (χ1) is 8.57.